The molecule has 1 unspecified atom stereocenters. The maximum absolute atomic E-state index is 12.5. The van der Waals surface area contributed by atoms with Crippen molar-refractivity contribution in [1.29, 1.82) is 0 Å². The van der Waals surface area contributed by atoms with Crippen molar-refractivity contribution in [2.75, 3.05) is 0 Å². The summed E-state index contributed by atoms with van der Waals surface area (Å²) in [6.07, 6.45) is 0. The topological polar surface area (TPSA) is 103 Å². The molecule has 100 valence electrons. The zero-order valence-corrected chi connectivity index (χ0v) is 10.9. The summed E-state index contributed by atoms with van der Waals surface area (Å²) >= 11 is -1.87. The molecule has 2 aromatic rings. The summed E-state index contributed by atoms with van der Waals surface area (Å²) in [6, 6.07) is 8.70. The third kappa shape index (κ3) is 1.66. The molecule has 0 bridgehead atoms. The van der Waals surface area contributed by atoms with Gasteiger partial charge in [-0.05, 0) is 18.2 Å². The van der Waals surface area contributed by atoms with Gasteiger partial charge in [0.2, 0.25) is 0 Å². The molecule has 0 radical (unpaired) electrons. The number of ketones is 2. The number of phenols is 1. The highest BCUT2D eigenvalue weighted by atomic mass is 32.2. The van der Waals surface area contributed by atoms with E-state index in [1.807, 2.05) is 0 Å². The van der Waals surface area contributed by atoms with Crippen LogP contribution in [0.4, 0.5) is 0 Å². The zero-order valence-electron chi connectivity index (χ0n) is 10.1. The molecule has 3 N–H and O–H groups in total. The molecular formula is C14H9NO4S. The van der Waals surface area contributed by atoms with Crippen molar-refractivity contribution in [2.45, 2.75) is 4.90 Å². The van der Waals surface area contributed by atoms with Crippen LogP contribution in [-0.4, -0.2) is 21.2 Å². The number of nitrogens with two attached hydrogens (primary N) is 1. The molecule has 6 heteroatoms. The van der Waals surface area contributed by atoms with Crippen LogP contribution in [-0.2, 0) is 11.4 Å². The van der Waals surface area contributed by atoms with E-state index in [1.165, 1.54) is 36.4 Å². The fourth-order valence-electron chi connectivity index (χ4n) is 2.36. The van der Waals surface area contributed by atoms with Gasteiger partial charge in [0.15, 0.2) is 16.5 Å². The van der Waals surface area contributed by atoms with Gasteiger partial charge in [-0.1, -0.05) is 18.2 Å². The molecule has 0 aromatic heterocycles. The van der Waals surface area contributed by atoms with Gasteiger partial charge in [0, 0.05) is 11.1 Å². The maximum atomic E-state index is 12.5. The summed E-state index contributed by atoms with van der Waals surface area (Å²) < 4.78 is 11.5. The number of carbonyl (C=O) groups excluding carboxylic acids is 2. The zero-order chi connectivity index (χ0) is 14.4. The number of hydrogen-bond acceptors (Lipinski definition) is 5. The fourth-order valence-corrected chi connectivity index (χ4v) is 2.98. The number of benzene rings is 2. The summed E-state index contributed by atoms with van der Waals surface area (Å²) in [7, 11) is 0. The van der Waals surface area contributed by atoms with Crippen LogP contribution < -0.4 is 5.14 Å². The van der Waals surface area contributed by atoms with Gasteiger partial charge in [0.25, 0.3) is 0 Å². The van der Waals surface area contributed by atoms with Crippen LogP contribution >= 0.6 is 0 Å². The fraction of sp³-hybridized carbons (Fsp3) is 0. The molecule has 0 amide bonds. The summed E-state index contributed by atoms with van der Waals surface area (Å²) in [5.41, 5.74) is 0.238. The molecule has 0 saturated carbocycles. The minimum atomic E-state index is -1.87. The van der Waals surface area contributed by atoms with Gasteiger partial charge in [0.05, 0.1) is 22.5 Å². The third-order valence-corrected chi connectivity index (χ3v) is 4.00. The number of carbonyl (C=O) groups is 2. The Morgan fingerprint density at radius 3 is 2.15 bits per heavy atom. The third-order valence-electron chi connectivity index (χ3n) is 3.23. The summed E-state index contributed by atoms with van der Waals surface area (Å²) in [4.78, 5) is 25.0. The maximum Gasteiger partial charge on any atom is 0.199 e. The summed E-state index contributed by atoms with van der Waals surface area (Å²) in [5, 5.41) is 15.1. The Morgan fingerprint density at radius 1 is 0.950 bits per heavy atom. The van der Waals surface area contributed by atoms with E-state index in [0.717, 1.165) is 0 Å². The Hall–Kier alpha value is -2.15. The number of aromatic hydroxyl groups is 1. The highest BCUT2D eigenvalue weighted by Gasteiger charge is 2.36. The minimum Gasteiger partial charge on any atom is -0.593 e. The lowest BCUT2D eigenvalue weighted by Crippen LogP contribution is -2.25. The van der Waals surface area contributed by atoms with Crippen molar-refractivity contribution in [2.24, 2.45) is 5.14 Å². The lowest BCUT2D eigenvalue weighted by atomic mass is 9.83. The molecule has 0 heterocycles. The molecule has 0 aliphatic heterocycles. The monoisotopic (exact) mass is 287 g/mol. The van der Waals surface area contributed by atoms with Crippen LogP contribution in [0.1, 0.15) is 31.8 Å². The average Bonchev–Trinajstić information content (AvgIpc) is 2.43. The van der Waals surface area contributed by atoms with E-state index in [1.54, 1.807) is 0 Å². The molecule has 5 nitrogen and oxygen atoms in total. The van der Waals surface area contributed by atoms with Crippen LogP contribution in [0.3, 0.4) is 0 Å². The predicted molar refractivity (Wildman–Crippen MR) is 72.0 cm³/mol. The SMILES string of the molecule is N[S+]([O-])c1cccc2c1C(=O)c1cccc(O)c1C2=O. The molecule has 20 heavy (non-hydrogen) atoms. The lowest BCUT2D eigenvalue weighted by molar-refractivity contribution is 0.0974. The normalized spacial score (nSPS) is 14.7. The Labute approximate surface area is 117 Å². The highest BCUT2D eigenvalue weighted by molar-refractivity contribution is 7.89. The van der Waals surface area contributed by atoms with Crippen molar-refractivity contribution in [1.82, 2.24) is 0 Å². The van der Waals surface area contributed by atoms with Gasteiger partial charge in [0.1, 0.15) is 5.75 Å². The second-order valence-electron chi connectivity index (χ2n) is 4.33. The van der Waals surface area contributed by atoms with Gasteiger partial charge in [-0.25, -0.2) is 0 Å². The number of fused-ring (bicyclic) bond motifs is 2. The standard InChI is InChI=1S/C14H9NO4S/c15-20(19)10-6-2-4-8-12(10)14(18)7-3-1-5-9(16)11(7)13(8)17/h1-6,16H,15H2. The predicted octanol–water partition coefficient (Wildman–Crippen LogP) is 1.15. The largest absolute Gasteiger partial charge is 0.593 e. The Balaban J connectivity index is 2.35. The molecule has 1 aliphatic rings. The van der Waals surface area contributed by atoms with E-state index in [4.69, 9.17) is 5.14 Å². The van der Waals surface area contributed by atoms with E-state index in [-0.39, 0.29) is 32.9 Å². The molecule has 2 aromatic carbocycles. The van der Waals surface area contributed by atoms with Crippen molar-refractivity contribution in [3.05, 3.63) is 58.7 Å². The molecule has 1 aliphatic carbocycles. The van der Waals surface area contributed by atoms with E-state index in [0.29, 0.717) is 0 Å². The molecule has 0 spiro atoms. The van der Waals surface area contributed by atoms with Crippen LogP contribution in [0.2, 0.25) is 0 Å². The van der Waals surface area contributed by atoms with Crippen LogP contribution in [0.15, 0.2) is 41.3 Å². The van der Waals surface area contributed by atoms with Crippen LogP contribution in [0.5, 0.6) is 5.75 Å². The first-order valence-corrected chi connectivity index (χ1v) is 6.94. The van der Waals surface area contributed by atoms with Gasteiger partial charge >= 0.3 is 0 Å². The minimum absolute atomic E-state index is 0.0232. The Kier molecular flexibility index (Phi) is 2.86. The number of hydrogen-bond donors (Lipinski definition) is 2. The molecule has 0 saturated heterocycles. The first kappa shape index (κ1) is 12.9. The van der Waals surface area contributed by atoms with E-state index >= 15 is 0 Å². The van der Waals surface area contributed by atoms with Gasteiger partial charge < -0.3 is 9.66 Å². The van der Waals surface area contributed by atoms with Crippen LogP contribution in [0.25, 0.3) is 0 Å². The lowest BCUT2D eigenvalue weighted by Gasteiger charge is -2.19. The van der Waals surface area contributed by atoms with Crippen molar-refractivity contribution in [3.8, 4) is 5.75 Å². The van der Waals surface area contributed by atoms with Crippen molar-refractivity contribution < 1.29 is 19.2 Å². The number of phenolic OH excluding ortho intramolecular Hbond substituents is 1. The summed E-state index contributed by atoms with van der Waals surface area (Å²) in [5.74, 6) is -1.18. The van der Waals surface area contributed by atoms with Crippen molar-refractivity contribution >= 4 is 22.9 Å². The van der Waals surface area contributed by atoms with Crippen molar-refractivity contribution in [3.63, 3.8) is 0 Å². The Morgan fingerprint density at radius 2 is 1.50 bits per heavy atom. The summed E-state index contributed by atoms with van der Waals surface area (Å²) in [6.45, 7) is 0. The molecular weight excluding hydrogens is 278 g/mol. The molecule has 1 atom stereocenters. The van der Waals surface area contributed by atoms with Gasteiger partial charge in [-0.3, -0.25) is 9.59 Å². The highest BCUT2D eigenvalue weighted by Crippen LogP contribution is 2.34. The molecule has 0 fully saturated rings. The second kappa shape index (κ2) is 4.45. The van der Waals surface area contributed by atoms with Gasteiger partial charge in [-0.15, -0.1) is 5.14 Å². The van der Waals surface area contributed by atoms with E-state index in [9.17, 15) is 19.2 Å². The Bertz CT molecular complexity index is 755. The van der Waals surface area contributed by atoms with E-state index in [2.05, 4.69) is 0 Å². The quantitative estimate of drug-likeness (QED) is 0.653. The van der Waals surface area contributed by atoms with Crippen LogP contribution in [0, 0.1) is 0 Å². The second-order valence-corrected chi connectivity index (χ2v) is 5.37. The van der Waals surface area contributed by atoms with Gasteiger partial charge in [-0.2, -0.15) is 0 Å². The first-order chi connectivity index (χ1) is 9.52. The number of rotatable bonds is 1. The van der Waals surface area contributed by atoms with E-state index < -0.39 is 22.9 Å². The smallest absolute Gasteiger partial charge is 0.199 e. The average molecular weight is 287 g/mol. The molecule has 3 rings (SSSR count). The first-order valence-electron chi connectivity index (χ1n) is 5.73.